The lowest BCUT2D eigenvalue weighted by atomic mass is 10.1. The van der Waals surface area contributed by atoms with Crippen LogP contribution in [-0.4, -0.2) is 56.4 Å². The Bertz CT molecular complexity index is 216. The predicted molar refractivity (Wildman–Crippen MR) is 64.1 cm³/mol. The number of halogens is 1. The summed E-state index contributed by atoms with van der Waals surface area (Å²) in [7, 11) is 0. The van der Waals surface area contributed by atoms with Gasteiger partial charge < -0.3 is 20.3 Å². The van der Waals surface area contributed by atoms with Crippen LogP contribution in [-0.2, 0) is 4.74 Å². The summed E-state index contributed by atoms with van der Waals surface area (Å²) in [5, 5.41) is 6.34. The van der Waals surface area contributed by atoms with Gasteiger partial charge in [0.1, 0.15) is 0 Å². The Morgan fingerprint density at radius 3 is 2.75 bits per heavy atom. The van der Waals surface area contributed by atoms with Gasteiger partial charge >= 0.3 is 6.03 Å². The molecule has 6 heteroatoms. The van der Waals surface area contributed by atoms with Gasteiger partial charge in [0.15, 0.2) is 0 Å². The first-order valence-electron chi connectivity index (χ1n) is 5.70. The van der Waals surface area contributed by atoms with Crippen LogP contribution in [0.4, 0.5) is 4.79 Å². The second kappa shape index (κ2) is 6.93. The summed E-state index contributed by atoms with van der Waals surface area (Å²) in [6, 6.07) is 0.362. The molecular formula is C10H20ClN3O2. The lowest BCUT2D eigenvalue weighted by Gasteiger charge is -2.30. The number of piperidine rings is 1. The maximum atomic E-state index is 11.8. The number of carbonyl (C=O) groups is 1. The normalized spacial score (nSPS) is 25.8. The molecule has 2 saturated heterocycles. The molecule has 5 nitrogen and oxygen atoms in total. The molecular weight excluding hydrogens is 230 g/mol. The molecule has 0 spiro atoms. The van der Waals surface area contributed by atoms with Crippen molar-refractivity contribution in [2.75, 3.05) is 39.4 Å². The Balaban J connectivity index is 0.00000128. The van der Waals surface area contributed by atoms with E-state index in [-0.39, 0.29) is 18.4 Å². The average Bonchev–Trinajstić information content (AvgIpc) is 2.31. The number of hydrogen-bond donors (Lipinski definition) is 2. The molecule has 2 fully saturated rings. The molecule has 0 aromatic carbocycles. The number of hydrogen-bond acceptors (Lipinski definition) is 3. The van der Waals surface area contributed by atoms with E-state index in [1.54, 1.807) is 0 Å². The van der Waals surface area contributed by atoms with Gasteiger partial charge in [0.2, 0.25) is 0 Å². The largest absolute Gasteiger partial charge is 0.378 e. The van der Waals surface area contributed by atoms with Crippen LogP contribution in [0.15, 0.2) is 0 Å². The molecule has 0 aromatic heterocycles. The van der Waals surface area contributed by atoms with E-state index in [0.717, 1.165) is 25.9 Å². The molecule has 2 aliphatic rings. The Kier molecular flexibility index (Phi) is 5.87. The molecule has 2 aliphatic heterocycles. The van der Waals surface area contributed by atoms with Crippen molar-refractivity contribution in [2.45, 2.75) is 18.9 Å². The summed E-state index contributed by atoms with van der Waals surface area (Å²) in [5.41, 5.74) is 0. The number of rotatable bonds is 1. The molecule has 1 unspecified atom stereocenters. The first-order valence-corrected chi connectivity index (χ1v) is 5.70. The Morgan fingerprint density at radius 2 is 2.12 bits per heavy atom. The van der Waals surface area contributed by atoms with E-state index in [1.165, 1.54) is 0 Å². The maximum Gasteiger partial charge on any atom is 0.317 e. The van der Waals surface area contributed by atoms with Crippen molar-refractivity contribution in [3.05, 3.63) is 0 Å². The molecule has 2 N–H and O–H groups in total. The maximum absolute atomic E-state index is 11.8. The van der Waals surface area contributed by atoms with Gasteiger partial charge in [-0.1, -0.05) is 0 Å². The third-order valence-electron chi connectivity index (χ3n) is 2.92. The Hall–Kier alpha value is -0.520. The second-order valence-electron chi connectivity index (χ2n) is 4.09. The molecule has 16 heavy (non-hydrogen) atoms. The van der Waals surface area contributed by atoms with Gasteiger partial charge in [-0.15, -0.1) is 12.4 Å². The standard InChI is InChI=1S/C10H19N3O2.ClH/c14-10(13-4-6-15-7-5-13)12-9-2-1-3-11-8-9;/h9,11H,1-8H2,(H,12,14);1H. The fraction of sp³-hybridized carbons (Fsp3) is 0.900. The van der Waals surface area contributed by atoms with E-state index >= 15 is 0 Å². The van der Waals surface area contributed by atoms with Crippen LogP contribution in [0.5, 0.6) is 0 Å². The molecule has 0 bridgehead atoms. The first kappa shape index (κ1) is 13.5. The summed E-state index contributed by atoms with van der Waals surface area (Å²) in [4.78, 5) is 13.6. The molecule has 2 rings (SSSR count). The van der Waals surface area contributed by atoms with Gasteiger partial charge in [0.25, 0.3) is 0 Å². The number of amides is 2. The molecule has 2 amide bonds. The van der Waals surface area contributed by atoms with Crippen molar-refractivity contribution >= 4 is 18.4 Å². The monoisotopic (exact) mass is 249 g/mol. The molecule has 0 saturated carbocycles. The highest BCUT2D eigenvalue weighted by molar-refractivity contribution is 5.85. The zero-order chi connectivity index (χ0) is 10.5. The van der Waals surface area contributed by atoms with Crippen molar-refractivity contribution in [1.29, 1.82) is 0 Å². The van der Waals surface area contributed by atoms with Crippen LogP contribution in [0.1, 0.15) is 12.8 Å². The van der Waals surface area contributed by atoms with Crippen LogP contribution < -0.4 is 10.6 Å². The highest BCUT2D eigenvalue weighted by Gasteiger charge is 2.20. The van der Waals surface area contributed by atoms with E-state index in [0.29, 0.717) is 32.3 Å². The smallest absolute Gasteiger partial charge is 0.317 e. The topological polar surface area (TPSA) is 53.6 Å². The SMILES string of the molecule is Cl.O=C(NC1CCCNC1)N1CCOCC1. The molecule has 1 atom stereocenters. The minimum Gasteiger partial charge on any atom is -0.378 e. The highest BCUT2D eigenvalue weighted by atomic mass is 35.5. The third kappa shape index (κ3) is 3.81. The lowest BCUT2D eigenvalue weighted by molar-refractivity contribution is 0.0523. The van der Waals surface area contributed by atoms with Crippen molar-refractivity contribution in [2.24, 2.45) is 0 Å². The first-order chi connectivity index (χ1) is 7.36. The molecule has 94 valence electrons. The second-order valence-corrected chi connectivity index (χ2v) is 4.09. The van der Waals surface area contributed by atoms with Gasteiger partial charge in [-0.2, -0.15) is 0 Å². The number of morpholine rings is 1. The van der Waals surface area contributed by atoms with Crippen molar-refractivity contribution in [3.63, 3.8) is 0 Å². The Morgan fingerprint density at radius 1 is 1.38 bits per heavy atom. The fourth-order valence-corrected chi connectivity index (χ4v) is 2.01. The molecule has 0 aliphatic carbocycles. The lowest BCUT2D eigenvalue weighted by Crippen LogP contribution is -2.52. The van der Waals surface area contributed by atoms with E-state index in [2.05, 4.69) is 10.6 Å². The van der Waals surface area contributed by atoms with E-state index in [1.807, 2.05) is 4.90 Å². The van der Waals surface area contributed by atoms with Crippen molar-refractivity contribution < 1.29 is 9.53 Å². The number of carbonyl (C=O) groups excluding carboxylic acids is 1. The van der Waals surface area contributed by atoms with Gasteiger partial charge in [-0.3, -0.25) is 0 Å². The average molecular weight is 250 g/mol. The summed E-state index contributed by atoms with van der Waals surface area (Å²) in [5.74, 6) is 0. The van der Waals surface area contributed by atoms with Gasteiger partial charge in [-0.25, -0.2) is 4.79 Å². The molecule has 2 heterocycles. The van der Waals surface area contributed by atoms with Crippen molar-refractivity contribution in [1.82, 2.24) is 15.5 Å². The Labute approximate surface area is 102 Å². The molecule has 0 radical (unpaired) electrons. The van der Waals surface area contributed by atoms with Crippen LogP contribution in [0, 0.1) is 0 Å². The van der Waals surface area contributed by atoms with E-state index < -0.39 is 0 Å². The van der Waals surface area contributed by atoms with Crippen LogP contribution in [0.25, 0.3) is 0 Å². The number of ether oxygens (including phenoxy) is 1. The summed E-state index contributed by atoms with van der Waals surface area (Å²) >= 11 is 0. The highest BCUT2D eigenvalue weighted by Crippen LogP contribution is 2.03. The van der Waals surface area contributed by atoms with Crippen LogP contribution in [0.3, 0.4) is 0 Å². The zero-order valence-corrected chi connectivity index (χ0v) is 10.2. The number of nitrogens with one attached hydrogen (secondary N) is 2. The minimum absolute atomic E-state index is 0. The van der Waals surface area contributed by atoms with Crippen LogP contribution in [0.2, 0.25) is 0 Å². The summed E-state index contributed by atoms with van der Waals surface area (Å²) in [6.07, 6.45) is 2.23. The van der Waals surface area contributed by atoms with E-state index in [9.17, 15) is 4.79 Å². The summed E-state index contributed by atoms with van der Waals surface area (Å²) in [6.45, 7) is 4.73. The van der Waals surface area contributed by atoms with Gasteiger partial charge in [-0.05, 0) is 19.4 Å². The summed E-state index contributed by atoms with van der Waals surface area (Å²) < 4.78 is 5.21. The third-order valence-corrected chi connectivity index (χ3v) is 2.92. The van der Waals surface area contributed by atoms with Gasteiger partial charge in [0, 0.05) is 25.7 Å². The molecule has 0 aromatic rings. The zero-order valence-electron chi connectivity index (χ0n) is 9.41. The quantitative estimate of drug-likeness (QED) is 0.698. The fourth-order valence-electron chi connectivity index (χ4n) is 2.01. The number of urea groups is 1. The predicted octanol–water partition coefficient (Wildman–Crippen LogP) is 0.202. The van der Waals surface area contributed by atoms with E-state index in [4.69, 9.17) is 4.74 Å². The number of nitrogens with zero attached hydrogens (tertiary/aromatic N) is 1. The van der Waals surface area contributed by atoms with Gasteiger partial charge in [0.05, 0.1) is 13.2 Å². The minimum atomic E-state index is 0. The van der Waals surface area contributed by atoms with Crippen LogP contribution >= 0.6 is 12.4 Å². The van der Waals surface area contributed by atoms with Crippen molar-refractivity contribution in [3.8, 4) is 0 Å².